The van der Waals surface area contributed by atoms with E-state index in [0.29, 0.717) is 25.0 Å². The van der Waals surface area contributed by atoms with Gasteiger partial charge in [-0.1, -0.05) is 106 Å². The summed E-state index contributed by atoms with van der Waals surface area (Å²) >= 11 is 0. The summed E-state index contributed by atoms with van der Waals surface area (Å²) in [4.78, 5) is 70.9. The van der Waals surface area contributed by atoms with E-state index in [-0.39, 0.29) is 62.5 Å². The minimum absolute atomic E-state index is 0.0287. The maximum Gasteiger partial charge on any atom is 0.461 e. The Balaban J connectivity index is 0.000000324. The molecule has 0 N–H and O–H groups in total. The number of ether oxygens (including phenoxy) is 8. The standard InChI is InChI=1S/C24H28O5.C21H28O4.C19H22F4O5/c1-4-24(2,3)23(26)28-17-16-27-22(25)15-12-19-10-13-21(14-11-19)29-18-20-8-6-5-7-9-20;1-4-21(2,3)20(23)25-18-13-11-17(12-14-18)24-19(22)15-10-16-8-6-5-7-9-16;1-4-18(2,3)17(25)27-12-11-26-15(24)10-7-13-5-8-14(9-6-13)28-19(22,23)16(20)21/h5-15H,4,16-18H2,1-3H3;5-10,15,17-18H,4,11-14H2,1-3H3;5-10,16H,4,11-12H2,1-3H3/b15-12+;15-10+;10-7+. The zero-order valence-corrected chi connectivity index (χ0v) is 48.3. The van der Waals surface area contributed by atoms with Gasteiger partial charge in [-0.05, 0) is 151 Å². The number of hydrogen-bond donors (Lipinski definition) is 0. The van der Waals surface area contributed by atoms with Gasteiger partial charge in [0, 0.05) is 18.2 Å². The van der Waals surface area contributed by atoms with Crippen LogP contribution in [0, 0.1) is 16.2 Å². The van der Waals surface area contributed by atoms with Crippen LogP contribution in [-0.4, -0.2) is 87.0 Å². The first-order valence-electron chi connectivity index (χ1n) is 27.2. The number of esters is 6. The molecule has 1 saturated carbocycles. The molecule has 5 rings (SSSR count). The molecule has 14 nitrogen and oxygen atoms in total. The monoisotopic (exact) mass is 1150 g/mol. The molecule has 0 aliphatic heterocycles. The Morgan fingerprint density at radius 1 is 0.476 bits per heavy atom. The van der Waals surface area contributed by atoms with Crippen LogP contribution in [0.3, 0.4) is 0 Å². The minimum atomic E-state index is -4.59. The van der Waals surface area contributed by atoms with E-state index in [1.807, 2.05) is 133 Å². The van der Waals surface area contributed by atoms with Gasteiger partial charge >= 0.3 is 48.3 Å². The zero-order valence-electron chi connectivity index (χ0n) is 48.3. The van der Waals surface area contributed by atoms with E-state index in [1.165, 1.54) is 30.4 Å². The SMILES string of the molecule is CCC(C)(C)C(=O)OC1CCC(OC(=O)/C=C/c2ccccc2)CC1.CCC(C)(C)C(=O)OCCOC(=O)/C=C/c1ccc(OC(F)(F)C(F)F)cc1.CCC(C)(C)C(=O)OCCOC(=O)/C=C/c1ccc(OCc2ccccc2)cc1. The number of halogens is 4. The summed E-state index contributed by atoms with van der Waals surface area (Å²) in [7, 11) is 0. The Kier molecular flexibility index (Phi) is 28.8. The Hall–Kier alpha value is -7.76. The largest absolute Gasteiger partial charge is 0.489 e. The second-order valence-electron chi connectivity index (χ2n) is 20.8. The van der Waals surface area contributed by atoms with Gasteiger partial charge in [0.25, 0.3) is 0 Å². The molecule has 82 heavy (non-hydrogen) atoms. The van der Waals surface area contributed by atoms with Crippen molar-refractivity contribution in [3.05, 3.63) is 150 Å². The van der Waals surface area contributed by atoms with E-state index < -0.39 is 46.5 Å². The Morgan fingerprint density at radius 2 is 0.841 bits per heavy atom. The van der Waals surface area contributed by atoms with Crippen LogP contribution < -0.4 is 9.47 Å². The lowest BCUT2D eigenvalue weighted by Crippen LogP contribution is -2.34. The summed E-state index contributed by atoms with van der Waals surface area (Å²) in [5.41, 5.74) is 1.77. The van der Waals surface area contributed by atoms with Crippen molar-refractivity contribution < 1.29 is 84.2 Å². The molecule has 0 unspecified atom stereocenters. The summed E-state index contributed by atoms with van der Waals surface area (Å²) in [6.07, 6.45) is 4.95. The predicted molar refractivity (Wildman–Crippen MR) is 303 cm³/mol. The molecular weight excluding hydrogens is 1070 g/mol. The second-order valence-corrected chi connectivity index (χ2v) is 20.8. The Labute approximate surface area is 479 Å². The van der Waals surface area contributed by atoms with E-state index in [2.05, 4.69) is 4.74 Å². The van der Waals surface area contributed by atoms with Crippen molar-refractivity contribution in [3.8, 4) is 11.5 Å². The number of carbonyl (C=O) groups excluding carboxylic acids is 6. The Bertz CT molecular complexity index is 2680. The van der Waals surface area contributed by atoms with Crippen molar-refractivity contribution in [2.45, 2.75) is 139 Å². The van der Waals surface area contributed by atoms with Gasteiger partial charge in [-0.25, -0.2) is 14.4 Å². The highest BCUT2D eigenvalue weighted by Gasteiger charge is 2.44. The molecule has 1 fully saturated rings. The molecule has 0 radical (unpaired) electrons. The van der Waals surface area contributed by atoms with Gasteiger partial charge in [-0.3, -0.25) is 14.4 Å². The summed E-state index contributed by atoms with van der Waals surface area (Å²) in [6.45, 7) is 17.1. The molecular formula is C64H78F4O14. The number of hydrogen-bond acceptors (Lipinski definition) is 14. The molecule has 18 heteroatoms. The van der Waals surface area contributed by atoms with E-state index in [4.69, 9.17) is 33.2 Å². The minimum Gasteiger partial charge on any atom is -0.489 e. The summed E-state index contributed by atoms with van der Waals surface area (Å²) in [6, 6.07) is 31.7. The average Bonchev–Trinajstić information content (AvgIpc) is 3.53. The number of alkyl halides is 4. The van der Waals surface area contributed by atoms with Crippen LogP contribution in [0.2, 0.25) is 0 Å². The third-order valence-corrected chi connectivity index (χ3v) is 13.2. The van der Waals surface area contributed by atoms with E-state index in [1.54, 1.807) is 26.0 Å². The highest BCUT2D eigenvalue weighted by atomic mass is 19.3. The summed E-state index contributed by atoms with van der Waals surface area (Å²) < 4.78 is 90.5. The van der Waals surface area contributed by atoms with Crippen molar-refractivity contribution in [2.75, 3.05) is 26.4 Å². The molecule has 0 heterocycles. The van der Waals surface area contributed by atoms with Crippen molar-refractivity contribution >= 4 is 54.0 Å². The van der Waals surface area contributed by atoms with Crippen LogP contribution in [-0.2, 0) is 63.8 Å². The van der Waals surface area contributed by atoms with Crippen LogP contribution >= 0.6 is 0 Å². The molecule has 1 aliphatic rings. The van der Waals surface area contributed by atoms with Crippen LogP contribution in [0.5, 0.6) is 11.5 Å². The van der Waals surface area contributed by atoms with Crippen LogP contribution in [0.25, 0.3) is 18.2 Å². The number of benzene rings is 4. The van der Waals surface area contributed by atoms with Gasteiger partial charge in [-0.2, -0.15) is 17.6 Å². The zero-order chi connectivity index (χ0) is 60.8. The fourth-order valence-corrected chi connectivity index (χ4v) is 6.58. The van der Waals surface area contributed by atoms with E-state index in [0.717, 1.165) is 72.8 Å². The fourth-order valence-electron chi connectivity index (χ4n) is 6.58. The molecule has 4 aromatic rings. The fraction of sp³-hybridized carbons (Fsp3) is 0.438. The predicted octanol–water partition coefficient (Wildman–Crippen LogP) is 13.8. The molecule has 1 aliphatic carbocycles. The van der Waals surface area contributed by atoms with Gasteiger partial charge in [0.1, 0.15) is 56.7 Å². The topological polar surface area (TPSA) is 176 Å². The normalized spacial score (nSPS) is 14.6. The van der Waals surface area contributed by atoms with Crippen LogP contribution in [0.15, 0.2) is 127 Å². The molecule has 0 amide bonds. The van der Waals surface area contributed by atoms with Gasteiger partial charge in [0.2, 0.25) is 0 Å². The first-order valence-corrected chi connectivity index (χ1v) is 27.2. The maximum atomic E-state index is 12.8. The van der Waals surface area contributed by atoms with Gasteiger partial charge in [-0.15, -0.1) is 0 Å². The molecule has 0 atom stereocenters. The van der Waals surface area contributed by atoms with Gasteiger partial charge < -0.3 is 37.9 Å². The van der Waals surface area contributed by atoms with Crippen molar-refractivity contribution in [2.24, 2.45) is 16.2 Å². The van der Waals surface area contributed by atoms with E-state index in [9.17, 15) is 46.3 Å². The lowest BCUT2D eigenvalue weighted by molar-refractivity contribution is -0.253. The second kappa shape index (κ2) is 34.5. The first-order chi connectivity index (χ1) is 38.8. The lowest BCUT2D eigenvalue weighted by Gasteiger charge is -2.30. The quantitative estimate of drug-likeness (QED) is 0.0191. The first kappa shape index (κ1) is 68.5. The van der Waals surface area contributed by atoms with Crippen molar-refractivity contribution in [1.29, 1.82) is 0 Å². The van der Waals surface area contributed by atoms with Crippen molar-refractivity contribution in [3.63, 3.8) is 0 Å². The average molecular weight is 1150 g/mol. The molecule has 0 saturated heterocycles. The third-order valence-electron chi connectivity index (χ3n) is 13.2. The molecule has 0 spiro atoms. The number of carbonyl (C=O) groups is 6. The molecule has 0 bridgehead atoms. The lowest BCUT2D eigenvalue weighted by atomic mass is 9.90. The van der Waals surface area contributed by atoms with Gasteiger partial charge in [0.15, 0.2) is 0 Å². The maximum absolute atomic E-state index is 12.8. The number of rotatable bonds is 26. The Morgan fingerprint density at radius 3 is 1.27 bits per heavy atom. The third kappa shape index (κ3) is 26.2. The highest BCUT2D eigenvalue weighted by molar-refractivity contribution is 5.88. The smallest absolute Gasteiger partial charge is 0.461 e. The summed E-state index contributed by atoms with van der Waals surface area (Å²) in [5.74, 6) is -2.01. The molecule has 4 aromatic carbocycles. The van der Waals surface area contributed by atoms with Gasteiger partial charge in [0.05, 0.1) is 16.2 Å². The van der Waals surface area contributed by atoms with Crippen molar-refractivity contribution in [1.82, 2.24) is 0 Å². The molecule has 446 valence electrons. The van der Waals surface area contributed by atoms with Crippen LogP contribution in [0.4, 0.5) is 17.6 Å². The highest BCUT2D eigenvalue weighted by Crippen LogP contribution is 2.30. The summed E-state index contributed by atoms with van der Waals surface area (Å²) in [5, 5.41) is 0. The van der Waals surface area contributed by atoms with Crippen LogP contribution in [0.1, 0.15) is 130 Å². The van der Waals surface area contributed by atoms with E-state index >= 15 is 0 Å². The molecule has 0 aromatic heterocycles.